The van der Waals surface area contributed by atoms with Gasteiger partial charge in [-0.15, -0.1) is 15.8 Å². The second-order valence-corrected chi connectivity index (χ2v) is 0.996. The molecule has 0 aliphatic rings. The van der Waals surface area contributed by atoms with E-state index in [0.717, 1.165) is 6.16 Å². The Kier molecular flexibility index (Phi) is 15.9. The summed E-state index contributed by atoms with van der Waals surface area (Å²) in [6, 6.07) is 0. The fraction of sp³-hybridized carbons (Fsp3) is 0.333. The zero-order valence-corrected chi connectivity index (χ0v) is 4.22. The highest BCUT2D eigenvalue weighted by atomic mass is 31.0. The third-order valence-corrected chi connectivity index (χ3v) is 0.500. The zero-order chi connectivity index (χ0) is 3.41. The largest absolute Gasteiger partial charge is 0.412 e. The van der Waals surface area contributed by atoms with Crippen LogP contribution in [0.15, 0.2) is 12.7 Å². The van der Waals surface area contributed by atoms with Crippen molar-refractivity contribution in [1.29, 1.82) is 0 Å². The van der Waals surface area contributed by atoms with Gasteiger partial charge in [0.15, 0.2) is 0 Å². The molecule has 0 fully saturated rings. The number of allylic oxidation sites excluding steroid dienone is 1. The van der Waals surface area contributed by atoms with Crippen molar-refractivity contribution in [3.8, 4) is 0 Å². The van der Waals surface area contributed by atoms with Gasteiger partial charge in [0.1, 0.15) is 0 Å². The van der Waals surface area contributed by atoms with E-state index in [1.54, 1.807) is 0 Å². The van der Waals surface area contributed by atoms with Crippen LogP contribution in [0.4, 0.5) is 0 Å². The molecular weight excluding hydrogens is 83.0 g/mol. The maximum Gasteiger partial charge on any atom is -0.0203 e. The van der Waals surface area contributed by atoms with Gasteiger partial charge in [0, 0.05) is 0 Å². The molecule has 1 atom stereocenters. The minimum absolute atomic E-state index is 0. The minimum Gasteiger partial charge on any atom is -0.412 e. The Morgan fingerprint density at radius 3 is 2.00 bits per heavy atom. The molecule has 1 unspecified atom stereocenters. The normalized spacial score (nSPS) is 5.00. The van der Waals surface area contributed by atoms with Crippen LogP contribution in [-0.4, -0.2) is 11.6 Å². The van der Waals surface area contributed by atoms with Crippen LogP contribution in [0.5, 0.6) is 0 Å². The van der Waals surface area contributed by atoms with Crippen molar-refractivity contribution >= 4 is 9.24 Å². The Morgan fingerprint density at radius 2 is 2.00 bits per heavy atom. The Balaban J connectivity index is 0. The summed E-state index contributed by atoms with van der Waals surface area (Å²) in [7, 11) is 2.54. The highest BCUT2D eigenvalue weighted by Gasteiger charge is 1.44. The Morgan fingerprint density at radius 1 is 1.80 bits per heavy atom. The average Bonchev–Trinajstić information content (AvgIpc) is 1.37. The fourth-order valence-electron chi connectivity index (χ4n) is 0. The van der Waals surface area contributed by atoms with Gasteiger partial charge in [-0.2, -0.15) is 0 Å². The lowest BCUT2D eigenvalue weighted by molar-refractivity contribution is 0.824. The summed E-state index contributed by atoms with van der Waals surface area (Å²) in [4.78, 5) is 0. The van der Waals surface area contributed by atoms with E-state index in [0.29, 0.717) is 0 Å². The van der Waals surface area contributed by atoms with E-state index in [1.807, 2.05) is 6.08 Å². The smallest absolute Gasteiger partial charge is 0.0203 e. The quantitative estimate of drug-likeness (QED) is 0.327. The number of hydrogen-bond acceptors (Lipinski definition) is 0. The molecule has 1 nitrogen and oxygen atoms in total. The molecule has 2 N–H and O–H groups in total. The summed E-state index contributed by atoms with van der Waals surface area (Å²) in [6.07, 6.45) is 2.84. The monoisotopic (exact) mass is 92.0 g/mol. The molecule has 0 aromatic carbocycles. The van der Waals surface area contributed by atoms with Gasteiger partial charge in [0.05, 0.1) is 0 Å². The van der Waals surface area contributed by atoms with Gasteiger partial charge < -0.3 is 5.48 Å². The van der Waals surface area contributed by atoms with Crippen LogP contribution >= 0.6 is 9.24 Å². The number of rotatable bonds is 1. The van der Waals surface area contributed by atoms with Gasteiger partial charge in [0.2, 0.25) is 0 Å². The van der Waals surface area contributed by atoms with Crippen LogP contribution in [0.3, 0.4) is 0 Å². The fourth-order valence-corrected chi connectivity index (χ4v) is 0. The first-order valence-corrected chi connectivity index (χ1v) is 2.04. The maximum atomic E-state index is 3.46. The Hall–Kier alpha value is 0.130. The molecule has 0 aliphatic heterocycles. The number of hydrogen-bond donors (Lipinski definition) is 0. The van der Waals surface area contributed by atoms with Crippen LogP contribution in [0.1, 0.15) is 0 Å². The zero-order valence-electron chi connectivity index (χ0n) is 3.07. The first-order valence-electron chi connectivity index (χ1n) is 1.22. The van der Waals surface area contributed by atoms with E-state index in [2.05, 4.69) is 15.8 Å². The van der Waals surface area contributed by atoms with Gasteiger partial charge in [-0.25, -0.2) is 0 Å². The summed E-state index contributed by atoms with van der Waals surface area (Å²) >= 11 is 0. The molecule has 5 heavy (non-hydrogen) atoms. The predicted octanol–water partition coefficient (Wildman–Crippen LogP) is 0.223. The highest BCUT2D eigenvalue weighted by molar-refractivity contribution is 7.16. The predicted molar refractivity (Wildman–Crippen MR) is 28.4 cm³/mol. The van der Waals surface area contributed by atoms with Crippen molar-refractivity contribution in [2.45, 2.75) is 0 Å². The first kappa shape index (κ1) is 8.93. The van der Waals surface area contributed by atoms with Crippen LogP contribution in [0, 0.1) is 0 Å². The third kappa shape index (κ3) is 14.7. The summed E-state index contributed by atoms with van der Waals surface area (Å²) in [5, 5.41) is 0. The second-order valence-electron chi connectivity index (χ2n) is 0.524. The third-order valence-electron chi connectivity index (χ3n) is 0.167. The molecule has 0 heterocycles. The van der Waals surface area contributed by atoms with Crippen molar-refractivity contribution in [1.82, 2.24) is 0 Å². The molecule has 0 aromatic rings. The van der Waals surface area contributed by atoms with E-state index in [9.17, 15) is 0 Å². The molecule has 0 aromatic heterocycles. The molecule has 0 radical (unpaired) electrons. The summed E-state index contributed by atoms with van der Waals surface area (Å²) in [6.45, 7) is 3.46. The first-order chi connectivity index (χ1) is 1.91. The van der Waals surface area contributed by atoms with Crippen LogP contribution in [0.2, 0.25) is 0 Å². The second kappa shape index (κ2) is 8.92. The van der Waals surface area contributed by atoms with E-state index in [4.69, 9.17) is 0 Å². The van der Waals surface area contributed by atoms with Crippen LogP contribution in [-0.2, 0) is 0 Å². The van der Waals surface area contributed by atoms with Crippen molar-refractivity contribution in [2.75, 3.05) is 6.16 Å². The van der Waals surface area contributed by atoms with Gasteiger partial charge >= 0.3 is 0 Å². The van der Waals surface area contributed by atoms with E-state index >= 15 is 0 Å². The topological polar surface area (TPSA) is 31.5 Å². The summed E-state index contributed by atoms with van der Waals surface area (Å²) < 4.78 is 0. The van der Waals surface area contributed by atoms with Crippen LogP contribution in [0.25, 0.3) is 0 Å². The van der Waals surface area contributed by atoms with E-state index < -0.39 is 0 Å². The molecule has 2 heteroatoms. The molecule has 32 valence electrons. The molecule has 0 saturated carbocycles. The summed E-state index contributed by atoms with van der Waals surface area (Å²) in [5.74, 6) is 0. The lowest BCUT2D eigenvalue weighted by Gasteiger charge is -1.58. The summed E-state index contributed by atoms with van der Waals surface area (Å²) in [5.41, 5.74) is 0. The SMILES string of the molecule is C=CCP.O. The molecule has 0 spiro atoms. The highest BCUT2D eigenvalue weighted by Crippen LogP contribution is 1.74. The minimum atomic E-state index is 0. The Labute approximate surface area is 34.6 Å². The Bertz CT molecular complexity index is 20.9. The van der Waals surface area contributed by atoms with Crippen LogP contribution < -0.4 is 0 Å². The average molecular weight is 92.1 g/mol. The molecule has 0 rings (SSSR count). The molecular formula is C3H9OP. The molecule has 0 aliphatic carbocycles. The van der Waals surface area contributed by atoms with Gasteiger partial charge in [-0.3, -0.25) is 0 Å². The molecule has 0 saturated heterocycles. The standard InChI is InChI=1S/C3H7P.H2O/c1-2-3-4;/h2H,1,3-4H2;1H2. The van der Waals surface area contributed by atoms with Crippen molar-refractivity contribution < 1.29 is 5.48 Å². The van der Waals surface area contributed by atoms with Gasteiger partial charge in [-0.05, 0) is 6.16 Å². The lowest BCUT2D eigenvalue weighted by atomic mass is 10.8. The van der Waals surface area contributed by atoms with Crippen molar-refractivity contribution in [3.63, 3.8) is 0 Å². The lowest BCUT2D eigenvalue weighted by Crippen LogP contribution is -1.43. The van der Waals surface area contributed by atoms with Gasteiger partial charge in [0.25, 0.3) is 0 Å². The van der Waals surface area contributed by atoms with Crippen molar-refractivity contribution in [2.24, 2.45) is 0 Å². The van der Waals surface area contributed by atoms with Gasteiger partial charge in [-0.1, -0.05) is 6.08 Å². The maximum absolute atomic E-state index is 3.46. The molecule has 0 bridgehead atoms. The van der Waals surface area contributed by atoms with Crippen molar-refractivity contribution in [3.05, 3.63) is 12.7 Å². The molecule has 0 amide bonds. The van der Waals surface area contributed by atoms with E-state index in [-0.39, 0.29) is 5.48 Å². The van der Waals surface area contributed by atoms with E-state index in [1.165, 1.54) is 0 Å².